The van der Waals surface area contributed by atoms with Crippen LogP contribution < -0.4 is 10.6 Å². The Balaban J connectivity index is 1.98. The molecule has 1 heterocycles. The lowest BCUT2D eigenvalue weighted by atomic mass is 10.1. The van der Waals surface area contributed by atoms with E-state index in [9.17, 15) is 4.79 Å². The van der Waals surface area contributed by atoms with Gasteiger partial charge in [-0.05, 0) is 45.4 Å². The highest BCUT2D eigenvalue weighted by molar-refractivity contribution is 5.79. The Labute approximate surface area is 105 Å². The average Bonchev–Trinajstić information content (AvgIpc) is 2.87. The Morgan fingerprint density at radius 2 is 2.12 bits per heavy atom. The summed E-state index contributed by atoms with van der Waals surface area (Å²) in [6.07, 6.45) is 3.25. The van der Waals surface area contributed by atoms with Crippen molar-refractivity contribution in [1.29, 1.82) is 0 Å². The molecule has 1 saturated heterocycles. The predicted molar refractivity (Wildman–Crippen MR) is 71.0 cm³/mol. The van der Waals surface area contributed by atoms with Crippen LogP contribution in [0.15, 0.2) is 0 Å². The summed E-state index contributed by atoms with van der Waals surface area (Å²) in [5.41, 5.74) is 0. The first-order chi connectivity index (χ1) is 8.27. The van der Waals surface area contributed by atoms with Gasteiger partial charge in [-0.2, -0.15) is 0 Å². The topological polar surface area (TPSA) is 44.4 Å². The van der Waals surface area contributed by atoms with Gasteiger partial charge in [0.15, 0.2) is 0 Å². The normalized spacial score (nSPS) is 19.8. The number of nitrogens with one attached hydrogen (secondary N) is 2. The molecule has 0 aliphatic carbocycles. The molecule has 1 atom stereocenters. The summed E-state index contributed by atoms with van der Waals surface area (Å²) in [5, 5.41) is 6.25. The lowest BCUT2D eigenvalue weighted by Gasteiger charge is -2.17. The van der Waals surface area contributed by atoms with Crippen LogP contribution in [0, 0.1) is 5.92 Å². The Morgan fingerprint density at radius 1 is 1.35 bits per heavy atom. The molecule has 1 amide bonds. The van der Waals surface area contributed by atoms with Gasteiger partial charge in [0.25, 0.3) is 0 Å². The molecule has 1 aliphatic rings. The van der Waals surface area contributed by atoms with E-state index in [4.69, 9.17) is 0 Å². The first-order valence-electron chi connectivity index (χ1n) is 6.98. The Kier molecular flexibility index (Phi) is 7.21. The van der Waals surface area contributed by atoms with Gasteiger partial charge in [0.05, 0.1) is 5.92 Å². The zero-order valence-corrected chi connectivity index (χ0v) is 11.3. The minimum atomic E-state index is 0.206. The standard InChI is InChI=1S/C13H27N3O/c1-3-16(4-2)10-6-5-8-15-13(17)12-7-9-14-11-12/h12,14H,3-11H2,1-2H3,(H,15,17). The molecule has 0 aromatic rings. The van der Waals surface area contributed by atoms with Crippen molar-refractivity contribution in [1.82, 2.24) is 15.5 Å². The van der Waals surface area contributed by atoms with Crippen LogP contribution in [0.1, 0.15) is 33.1 Å². The van der Waals surface area contributed by atoms with E-state index in [1.165, 1.54) is 6.42 Å². The van der Waals surface area contributed by atoms with E-state index in [0.717, 1.165) is 52.1 Å². The van der Waals surface area contributed by atoms with Crippen LogP contribution in [0.25, 0.3) is 0 Å². The predicted octanol–water partition coefficient (Wildman–Crippen LogP) is 0.834. The molecule has 0 saturated carbocycles. The lowest BCUT2D eigenvalue weighted by molar-refractivity contribution is -0.124. The average molecular weight is 241 g/mol. The van der Waals surface area contributed by atoms with Crippen LogP contribution in [-0.2, 0) is 4.79 Å². The number of carbonyl (C=O) groups is 1. The largest absolute Gasteiger partial charge is 0.356 e. The van der Waals surface area contributed by atoms with Crippen LogP contribution in [0.5, 0.6) is 0 Å². The molecule has 2 N–H and O–H groups in total. The minimum Gasteiger partial charge on any atom is -0.356 e. The Hall–Kier alpha value is -0.610. The van der Waals surface area contributed by atoms with E-state index in [0.29, 0.717) is 0 Å². The zero-order valence-electron chi connectivity index (χ0n) is 11.3. The SMILES string of the molecule is CCN(CC)CCCCNC(=O)C1CCNC1. The quantitative estimate of drug-likeness (QED) is 0.619. The van der Waals surface area contributed by atoms with Gasteiger partial charge in [0, 0.05) is 13.1 Å². The Morgan fingerprint density at radius 3 is 2.71 bits per heavy atom. The molecular formula is C13H27N3O. The van der Waals surface area contributed by atoms with Gasteiger partial charge in [0.1, 0.15) is 0 Å². The molecule has 100 valence electrons. The van der Waals surface area contributed by atoms with Crippen molar-refractivity contribution in [2.24, 2.45) is 5.92 Å². The lowest BCUT2D eigenvalue weighted by Crippen LogP contribution is -2.33. The molecule has 0 aromatic carbocycles. The van der Waals surface area contributed by atoms with E-state index in [2.05, 4.69) is 29.4 Å². The molecule has 4 nitrogen and oxygen atoms in total. The van der Waals surface area contributed by atoms with Gasteiger partial charge in [-0.3, -0.25) is 4.79 Å². The van der Waals surface area contributed by atoms with Crippen LogP contribution in [-0.4, -0.2) is 50.1 Å². The molecule has 1 aliphatic heterocycles. The van der Waals surface area contributed by atoms with Gasteiger partial charge in [0.2, 0.25) is 5.91 Å². The first-order valence-corrected chi connectivity index (χ1v) is 6.98. The van der Waals surface area contributed by atoms with Crippen LogP contribution in [0.3, 0.4) is 0 Å². The van der Waals surface area contributed by atoms with Crippen molar-refractivity contribution in [3.05, 3.63) is 0 Å². The fourth-order valence-electron chi connectivity index (χ4n) is 2.23. The summed E-state index contributed by atoms with van der Waals surface area (Å²) in [6, 6.07) is 0. The van der Waals surface area contributed by atoms with Crippen LogP contribution >= 0.6 is 0 Å². The number of rotatable bonds is 8. The van der Waals surface area contributed by atoms with Gasteiger partial charge >= 0.3 is 0 Å². The maximum atomic E-state index is 11.7. The fraction of sp³-hybridized carbons (Fsp3) is 0.923. The number of hydrogen-bond donors (Lipinski definition) is 2. The molecule has 0 aromatic heterocycles. The first kappa shape index (κ1) is 14.5. The van der Waals surface area contributed by atoms with E-state index in [1.807, 2.05) is 0 Å². The zero-order chi connectivity index (χ0) is 12.5. The monoisotopic (exact) mass is 241 g/mol. The van der Waals surface area contributed by atoms with E-state index < -0.39 is 0 Å². The summed E-state index contributed by atoms with van der Waals surface area (Å²) in [7, 11) is 0. The van der Waals surface area contributed by atoms with Crippen LogP contribution in [0.2, 0.25) is 0 Å². The molecule has 1 fully saturated rings. The van der Waals surface area contributed by atoms with Crippen LogP contribution in [0.4, 0.5) is 0 Å². The highest BCUT2D eigenvalue weighted by atomic mass is 16.1. The molecule has 0 spiro atoms. The maximum absolute atomic E-state index is 11.7. The van der Waals surface area contributed by atoms with Crippen molar-refractivity contribution in [3.8, 4) is 0 Å². The molecule has 17 heavy (non-hydrogen) atoms. The number of amides is 1. The second-order valence-electron chi connectivity index (χ2n) is 4.71. The highest BCUT2D eigenvalue weighted by Gasteiger charge is 2.21. The minimum absolute atomic E-state index is 0.206. The summed E-state index contributed by atoms with van der Waals surface area (Å²) in [6.45, 7) is 10.4. The number of hydrogen-bond acceptors (Lipinski definition) is 3. The summed E-state index contributed by atoms with van der Waals surface area (Å²) in [5.74, 6) is 0.440. The van der Waals surface area contributed by atoms with Crippen molar-refractivity contribution in [2.45, 2.75) is 33.1 Å². The third-order valence-corrected chi connectivity index (χ3v) is 3.53. The summed E-state index contributed by atoms with van der Waals surface area (Å²) in [4.78, 5) is 14.1. The van der Waals surface area contributed by atoms with Crippen molar-refractivity contribution < 1.29 is 4.79 Å². The van der Waals surface area contributed by atoms with Gasteiger partial charge in [-0.15, -0.1) is 0 Å². The molecule has 0 radical (unpaired) electrons. The van der Waals surface area contributed by atoms with Gasteiger partial charge in [-0.25, -0.2) is 0 Å². The molecule has 1 unspecified atom stereocenters. The van der Waals surface area contributed by atoms with Crippen molar-refractivity contribution in [3.63, 3.8) is 0 Å². The summed E-state index contributed by atoms with van der Waals surface area (Å²) < 4.78 is 0. The fourth-order valence-corrected chi connectivity index (χ4v) is 2.23. The maximum Gasteiger partial charge on any atom is 0.224 e. The third-order valence-electron chi connectivity index (χ3n) is 3.53. The number of unbranched alkanes of at least 4 members (excludes halogenated alkanes) is 1. The molecule has 1 rings (SSSR count). The second kappa shape index (κ2) is 8.48. The van der Waals surface area contributed by atoms with E-state index >= 15 is 0 Å². The molecular weight excluding hydrogens is 214 g/mol. The van der Waals surface area contributed by atoms with E-state index in [1.54, 1.807) is 0 Å². The van der Waals surface area contributed by atoms with E-state index in [-0.39, 0.29) is 11.8 Å². The van der Waals surface area contributed by atoms with Gasteiger partial charge in [-0.1, -0.05) is 13.8 Å². The molecule has 4 heteroatoms. The van der Waals surface area contributed by atoms with Crippen molar-refractivity contribution in [2.75, 3.05) is 39.3 Å². The third kappa shape index (κ3) is 5.50. The second-order valence-corrected chi connectivity index (χ2v) is 4.71. The number of carbonyl (C=O) groups excluding carboxylic acids is 1. The van der Waals surface area contributed by atoms with Crippen molar-refractivity contribution >= 4 is 5.91 Å². The molecule has 0 bridgehead atoms. The van der Waals surface area contributed by atoms with Gasteiger partial charge < -0.3 is 15.5 Å². The highest BCUT2D eigenvalue weighted by Crippen LogP contribution is 2.06. The smallest absolute Gasteiger partial charge is 0.224 e. The Bertz CT molecular complexity index is 211. The summed E-state index contributed by atoms with van der Waals surface area (Å²) >= 11 is 0. The number of nitrogens with zero attached hydrogens (tertiary/aromatic N) is 1.